The van der Waals surface area contributed by atoms with E-state index in [9.17, 15) is 4.79 Å². The lowest BCUT2D eigenvalue weighted by atomic mass is 10.2. The van der Waals surface area contributed by atoms with Gasteiger partial charge in [-0.15, -0.1) is 0 Å². The Balaban J connectivity index is 2.04. The second-order valence-corrected chi connectivity index (χ2v) is 5.16. The summed E-state index contributed by atoms with van der Waals surface area (Å²) in [6.07, 6.45) is 0. The van der Waals surface area contributed by atoms with E-state index in [1.807, 2.05) is 38.1 Å². The molecular formula is C16H18ClN3O. The van der Waals surface area contributed by atoms with Crippen molar-refractivity contribution in [1.29, 1.82) is 0 Å². The molecule has 0 atom stereocenters. The van der Waals surface area contributed by atoms with Crippen LogP contribution in [0.3, 0.4) is 0 Å². The highest BCUT2D eigenvalue weighted by Gasteiger charge is 2.08. The topological polar surface area (TPSA) is 54.0 Å². The molecule has 0 aliphatic carbocycles. The molecule has 0 saturated heterocycles. The molecule has 1 amide bonds. The molecule has 1 aromatic heterocycles. The number of aromatic nitrogens is 1. The fraction of sp³-hybridized carbons (Fsp3) is 0.250. The summed E-state index contributed by atoms with van der Waals surface area (Å²) in [5.74, 6) is 0.601. The molecule has 0 saturated carbocycles. The first kappa shape index (κ1) is 15.3. The van der Waals surface area contributed by atoms with Crippen LogP contribution in [0.5, 0.6) is 0 Å². The average molecular weight is 304 g/mol. The van der Waals surface area contributed by atoms with Gasteiger partial charge >= 0.3 is 0 Å². The average Bonchev–Trinajstić information content (AvgIpc) is 2.46. The van der Waals surface area contributed by atoms with Crippen LogP contribution >= 0.6 is 11.6 Å². The van der Waals surface area contributed by atoms with Crippen LogP contribution in [0.4, 0.5) is 5.82 Å². The minimum Gasteiger partial charge on any atom is -0.370 e. The molecule has 2 aromatic rings. The van der Waals surface area contributed by atoms with Crippen molar-refractivity contribution in [3.8, 4) is 0 Å². The molecule has 0 spiro atoms. The standard InChI is InChI=1S/C16H18ClN3O/c1-3-18-15-9-13(8-11(2)20-15)16(21)19-10-12-4-6-14(17)7-5-12/h4-9H,3,10H2,1-2H3,(H,18,20)(H,19,21). The van der Waals surface area contributed by atoms with Crippen LogP contribution in [0, 0.1) is 6.92 Å². The maximum atomic E-state index is 12.2. The third-order valence-corrected chi connectivity index (χ3v) is 3.19. The number of pyridine rings is 1. The van der Waals surface area contributed by atoms with Crippen molar-refractivity contribution in [2.75, 3.05) is 11.9 Å². The van der Waals surface area contributed by atoms with Crippen molar-refractivity contribution >= 4 is 23.3 Å². The van der Waals surface area contributed by atoms with Crippen molar-refractivity contribution in [2.45, 2.75) is 20.4 Å². The van der Waals surface area contributed by atoms with Gasteiger partial charge < -0.3 is 10.6 Å². The number of carbonyl (C=O) groups is 1. The van der Waals surface area contributed by atoms with Gasteiger partial charge in [-0.05, 0) is 43.7 Å². The lowest BCUT2D eigenvalue weighted by Crippen LogP contribution is -2.23. The number of nitrogens with one attached hydrogen (secondary N) is 2. The summed E-state index contributed by atoms with van der Waals surface area (Å²) in [4.78, 5) is 16.5. The van der Waals surface area contributed by atoms with Gasteiger partial charge in [0, 0.05) is 29.4 Å². The molecule has 0 unspecified atom stereocenters. The Bertz CT molecular complexity index is 626. The van der Waals surface area contributed by atoms with Gasteiger partial charge in [-0.1, -0.05) is 23.7 Å². The molecule has 0 aliphatic rings. The number of rotatable bonds is 5. The lowest BCUT2D eigenvalue weighted by Gasteiger charge is -2.09. The van der Waals surface area contributed by atoms with Gasteiger partial charge in [-0.25, -0.2) is 4.98 Å². The van der Waals surface area contributed by atoms with Gasteiger partial charge in [0.2, 0.25) is 0 Å². The van der Waals surface area contributed by atoms with Crippen LogP contribution in [-0.2, 0) is 6.54 Å². The van der Waals surface area contributed by atoms with E-state index in [0.29, 0.717) is 22.9 Å². The second kappa shape index (κ2) is 7.09. The normalized spacial score (nSPS) is 10.2. The summed E-state index contributed by atoms with van der Waals surface area (Å²) < 4.78 is 0. The molecule has 0 radical (unpaired) electrons. The number of aryl methyl sites for hydroxylation is 1. The highest BCUT2D eigenvalue weighted by atomic mass is 35.5. The van der Waals surface area contributed by atoms with Gasteiger partial charge in [0.05, 0.1) is 0 Å². The minimum atomic E-state index is -0.116. The smallest absolute Gasteiger partial charge is 0.251 e. The molecule has 1 heterocycles. The van der Waals surface area contributed by atoms with Crippen LogP contribution < -0.4 is 10.6 Å². The summed E-state index contributed by atoms with van der Waals surface area (Å²) in [6, 6.07) is 10.9. The molecule has 110 valence electrons. The summed E-state index contributed by atoms with van der Waals surface area (Å²) in [5.41, 5.74) is 2.42. The molecule has 0 aliphatic heterocycles. The summed E-state index contributed by atoms with van der Waals surface area (Å²) in [7, 11) is 0. The zero-order valence-corrected chi connectivity index (χ0v) is 12.9. The zero-order valence-electron chi connectivity index (χ0n) is 12.1. The van der Waals surface area contributed by atoms with Crippen LogP contribution in [-0.4, -0.2) is 17.4 Å². The van der Waals surface area contributed by atoms with Crippen LogP contribution in [0.25, 0.3) is 0 Å². The number of benzene rings is 1. The Morgan fingerprint density at radius 2 is 1.95 bits per heavy atom. The Hall–Kier alpha value is -2.07. The van der Waals surface area contributed by atoms with E-state index in [4.69, 9.17) is 11.6 Å². The minimum absolute atomic E-state index is 0.116. The number of halogens is 1. The Kier molecular flexibility index (Phi) is 5.17. The molecule has 0 bridgehead atoms. The van der Waals surface area contributed by atoms with Crippen molar-refractivity contribution in [2.24, 2.45) is 0 Å². The molecule has 2 N–H and O–H groups in total. The monoisotopic (exact) mass is 303 g/mol. The molecule has 5 heteroatoms. The first-order valence-corrected chi connectivity index (χ1v) is 7.21. The van der Waals surface area contributed by atoms with Gasteiger partial charge in [0.25, 0.3) is 5.91 Å². The molecule has 0 fully saturated rings. The zero-order chi connectivity index (χ0) is 15.2. The van der Waals surface area contributed by atoms with E-state index >= 15 is 0 Å². The number of hydrogen-bond donors (Lipinski definition) is 2. The van der Waals surface area contributed by atoms with Crippen LogP contribution in [0.1, 0.15) is 28.5 Å². The van der Waals surface area contributed by atoms with E-state index in [0.717, 1.165) is 17.8 Å². The number of nitrogens with zero attached hydrogens (tertiary/aromatic N) is 1. The van der Waals surface area contributed by atoms with Gasteiger partial charge in [-0.2, -0.15) is 0 Å². The first-order valence-electron chi connectivity index (χ1n) is 6.83. The summed E-state index contributed by atoms with van der Waals surface area (Å²) in [6.45, 7) is 5.09. The first-order chi connectivity index (χ1) is 10.1. The largest absolute Gasteiger partial charge is 0.370 e. The van der Waals surface area contributed by atoms with Crippen LogP contribution in [0.2, 0.25) is 5.02 Å². The van der Waals surface area contributed by atoms with Crippen molar-refractivity contribution in [1.82, 2.24) is 10.3 Å². The third kappa shape index (κ3) is 4.46. The third-order valence-electron chi connectivity index (χ3n) is 2.94. The Morgan fingerprint density at radius 1 is 1.24 bits per heavy atom. The number of amides is 1. The Labute approximate surface area is 129 Å². The predicted octanol–water partition coefficient (Wildman–Crippen LogP) is 3.41. The molecule has 1 aromatic carbocycles. The Morgan fingerprint density at radius 3 is 2.62 bits per heavy atom. The van der Waals surface area contributed by atoms with E-state index in [1.165, 1.54) is 0 Å². The quantitative estimate of drug-likeness (QED) is 0.890. The fourth-order valence-corrected chi connectivity index (χ4v) is 2.08. The highest BCUT2D eigenvalue weighted by molar-refractivity contribution is 6.30. The van der Waals surface area contributed by atoms with Crippen LogP contribution in [0.15, 0.2) is 36.4 Å². The molecule has 4 nitrogen and oxygen atoms in total. The number of hydrogen-bond acceptors (Lipinski definition) is 3. The SMILES string of the molecule is CCNc1cc(C(=O)NCc2ccc(Cl)cc2)cc(C)n1. The second-order valence-electron chi connectivity index (χ2n) is 4.72. The molecule has 2 rings (SSSR count). The summed E-state index contributed by atoms with van der Waals surface area (Å²) in [5, 5.41) is 6.70. The van der Waals surface area contributed by atoms with Crippen molar-refractivity contribution in [3.05, 3.63) is 58.2 Å². The molecular weight excluding hydrogens is 286 g/mol. The fourth-order valence-electron chi connectivity index (χ4n) is 1.96. The predicted molar refractivity (Wildman–Crippen MR) is 85.8 cm³/mol. The highest BCUT2D eigenvalue weighted by Crippen LogP contribution is 2.12. The van der Waals surface area contributed by atoms with Gasteiger partial charge in [0.1, 0.15) is 5.82 Å². The maximum Gasteiger partial charge on any atom is 0.251 e. The van der Waals surface area contributed by atoms with Gasteiger partial charge in [0.15, 0.2) is 0 Å². The summed E-state index contributed by atoms with van der Waals surface area (Å²) >= 11 is 5.83. The molecule has 21 heavy (non-hydrogen) atoms. The van der Waals surface area contributed by atoms with E-state index < -0.39 is 0 Å². The maximum absolute atomic E-state index is 12.2. The van der Waals surface area contributed by atoms with Gasteiger partial charge in [-0.3, -0.25) is 4.79 Å². The van der Waals surface area contributed by atoms with Crippen molar-refractivity contribution in [3.63, 3.8) is 0 Å². The van der Waals surface area contributed by atoms with E-state index in [-0.39, 0.29) is 5.91 Å². The lowest BCUT2D eigenvalue weighted by molar-refractivity contribution is 0.0950. The van der Waals surface area contributed by atoms with E-state index in [1.54, 1.807) is 12.1 Å². The van der Waals surface area contributed by atoms with Crippen molar-refractivity contribution < 1.29 is 4.79 Å². The van der Waals surface area contributed by atoms with E-state index in [2.05, 4.69) is 15.6 Å². The number of anilines is 1. The number of carbonyl (C=O) groups excluding carboxylic acids is 1.